The number of thioether (sulfide) groups is 1. The Kier molecular flexibility index (Phi) is 7.15. The zero-order valence-corrected chi connectivity index (χ0v) is 15.7. The first-order chi connectivity index (χ1) is 12.0. The van der Waals surface area contributed by atoms with E-state index in [1.807, 2.05) is 18.2 Å². The van der Waals surface area contributed by atoms with Crippen molar-refractivity contribution in [2.75, 3.05) is 5.75 Å². The molecule has 1 aromatic carbocycles. The molecule has 1 aromatic rings. The number of nitrogens with zero attached hydrogens (tertiary/aromatic N) is 1. The van der Waals surface area contributed by atoms with Crippen molar-refractivity contribution in [3.8, 4) is 6.07 Å². The van der Waals surface area contributed by atoms with E-state index in [-0.39, 0.29) is 5.75 Å². The SMILES string of the molecule is C[C@H](OC(=O)CSc1ccccc1Cl)C(=O)NC1(C#N)CCCCC1. The summed E-state index contributed by atoms with van der Waals surface area (Å²) in [6.45, 7) is 1.52. The van der Waals surface area contributed by atoms with E-state index in [2.05, 4.69) is 11.4 Å². The van der Waals surface area contributed by atoms with E-state index in [0.29, 0.717) is 17.9 Å². The minimum Gasteiger partial charge on any atom is -0.452 e. The van der Waals surface area contributed by atoms with Gasteiger partial charge in [0.2, 0.25) is 0 Å². The molecule has 25 heavy (non-hydrogen) atoms. The van der Waals surface area contributed by atoms with Gasteiger partial charge >= 0.3 is 5.97 Å². The highest BCUT2D eigenvalue weighted by Gasteiger charge is 2.35. The predicted molar refractivity (Wildman–Crippen MR) is 97.3 cm³/mol. The third kappa shape index (κ3) is 5.65. The smallest absolute Gasteiger partial charge is 0.317 e. The Bertz CT molecular complexity index is 669. The number of esters is 1. The molecule has 7 heteroatoms. The number of halogens is 1. The molecule has 1 saturated carbocycles. The van der Waals surface area contributed by atoms with Gasteiger partial charge in [0, 0.05) is 4.90 Å². The van der Waals surface area contributed by atoms with Crippen molar-refractivity contribution in [1.29, 1.82) is 5.26 Å². The van der Waals surface area contributed by atoms with Gasteiger partial charge in [-0.2, -0.15) is 5.26 Å². The molecule has 0 aromatic heterocycles. The summed E-state index contributed by atoms with van der Waals surface area (Å²) in [5, 5.41) is 12.7. The van der Waals surface area contributed by atoms with Gasteiger partial charge in [-0.05, 0) is 31.9 Å². The first kappa shape index (κ1) is 19.6. The fourth-order valence-corrected chi connectivity index (χ4v) is 3.76. The van der Waals surface area contributed by atoms with Gasteiger partial charge in [0.15, 0.2) is 6.10 Å². The lowest BCUT2D eigenvalue weighted by molar-refractivity contribution is -0.152. The van der Waals surface area contributed by atoms with E-state index >= 15 is 0 Å². The van der Waals surface area contributed by atoms with Crippen LogP contribution < -0.4 is 5.32 Å². The Morgan fingerprint density at radius 3 is 2.68 bits per heavy atom. The Hall–Kier alpha value is -1.71. The van der Waals surface area contributed by atoms with Gasteiger partial charge in [-0.15, -0.1) is 11.8 Å². The molecule has 0 heterocycles. The zero-order valence-electron chi connectivity index (χ0n) is 14.1. The van der Waals surface area contributed by atoms with Crippen molar-refractivity contribution in [2.45, 2.75) is 55.6 Å². The number of nitriles is 1. The Morgan fingerprint density at radius 1 is 1.36 bits per heavy atom. The number of hydrogen-bond acceptors (Lipinski definition) is 5. The van der Waals surface area contributed by atoms with Gasteiger partial charge in [-0.25, -0.2) is 0 Å². The summed E-state index contributed by atoms with van der Waals surface area (Å²) in [5.74, 6) is -0.869. The molecule has 1 atom stereocenters. The maximum atomic E-state index is 12.3. The molecule has 0 aliphatic heterocycles. The van der Waals surface area contributed by atoms with E-state index in [1.54, 1.807) is 6.07 Å². The van der Waals surface area contributed by atoms with E-state index in [9.17, 15) is 14.9 Å². The van der Waals surface area contributed by atoms with Crippen LogP contribution in [-0.4, -0.2) is 29.3 Å². The summed E-state index contributed by atoms with van der Waals surface area (Å²) >= 11 is 7.29. The summed E-state index contributed by atoms with van der Waals surface area (Å²) in [5.41, 5.74) is -0.831. The molecule has 1 aliphatic rings. The quantitative estimate of drug-likeness (QED) is 0.601. The first-order valence-electron chi connectivity index (χ1n) is 8.26. The van der Waals surface area contributed by atoms with Crippen molar-refractivity contribution in [1.82, 2.24) is 5.32 Å². The van der Waals surface area contributed by atoms with Crippen LogP contribution in [0.4, 0.5) is 0 Å². The molecule has 1 amide bonds. The average Bonchev–Trinajstić information content (AvgIpc) is 2.61. The van der Waals surface area contributed by atoms with Gasteiger partial charge in [0.25, 0.3) is 5.91 Å². The molecule has 1 fully saturated rings. The monoisotopic (exact) mass is 380 g/mol. The second kappa shape index (κ2) is 9.12. The first-order valence-corrected chi connectivity index (χ1v) is 9.62. The van der Waals surface area contributed by atoms with Gasteiger partial charge in [-0.3, -0.25) is 9.59 Å². The fraction of sp³-hybridized carbons (Fsp3) is 0.500. The summed E-state index contributed by atoms with van der Waals surface area (Å²) in [6.07, 6.45) is 3.23. The fourth-order valence-electron chi connectivity index (χ4n) is 2.74. The van der Waals surface area contributed by atoms with Crippen LogP contribution in [0.2, 0.25) is 5.02 Å². The summed E-state index contributed by atoms with van der Waals surface area (Å²) < 4.78 is 5.18. The van der Waals surface area contributed by atoms with Gasteiger partial charge in [0.05, 0.1) is 16.8 Å². The van der Waals surface area contributed by atoms with Gasteiger partial charge in [0.1, 0.15) is 5.54 Å². The topological polar surface area (TPSA) is 79.2 Å². The maximum absolute atomic E-state index is 12.3. The van der Waals surface area contributed by atoms with Crippen molar-refractivity contribution in [2.24, 2.45) is 0 Å². The molecule has 2 rings (SSSR count). The standard InChI is InChI=1S/C18H21ClN2O3S/c1-13(17(23)21-18(12-20)9-5-2-6-10-18)24-16(22)11-25-15-8-4-3-7-14(15)19/h3-4,7-8,13H,2,5-6,9-11H2,1H3,(H,21,23)/t13-/m0/s1. The molecule has 0 spiro atoms. The van der Waals surface area contributed by atoms with Gasteiger partial charge < -0.3 is 10.1 Å². The minimum atomic E-state index is -0.938. The number of nitrogens with one attached hydrogen (secondary N) is 1. The van der Waals surface area contributed by atoms with Crippen molar-refractivity contribution < 1.29 is 14.3 Å². The van der Waals surface area contributed by atoms with Crippen LogP contribution in [-0.2, 0) is 14.3 Å². The molecule has 0 unspecified atom stereocenters. The van der Waals surface area contributed by atoms with Crippen LogP contribution in [0.1, 0.15) is 39.0 Å². The van der Waals surface area contributed by atoms with E-state index in [0.717, 1.165) is 24.2 Å². The van der Waals surface area contributed by atoms with E-state index in [1.165, 1.54) is 18.7 Å². The third-order valence-electron chi connectivity index (χ3n) is 4.14. The number of carbonyl (C=O) groups excluding carboxylic acids is 2. The lowest BCUT2D eigenvalue weighted by Gasteiger charge is -2.32. The lowest BCUT2D eigenvalue weighted by Crippen LogP contribution is -2.52. The second-order valence-electron chi connectivity index (χ2n) is 6.10. The van der Waals surface area contributed by atoms with Crippen LogP contribution in [0.25, 0.3) is 0 Å². The Morgan fingerprint density at radius 2 is 2.04 bits per heavy atom. The Labute approximate surface area is 157 Å². The van der Waals surface area contributed by atoms with Crippen LogP contribution in [0.15, 0.2) is 29.2 Å². The zero-order chi connectivity index (χ0) is 18.3. The highest BCUT2D eigenvalue weighted by atomic mass is 35.5. The van der Waals surface area contributed by atoms with Crippen molar-refractivity contribution >= 4 is 35.2 Å². The van der Waals surface area contributed by atoms with Crippen molar-refractivity contribution in [3.05, 3.63) is 29.3 Å². The number of amides is 1. The molecule has 5 nitrogen and oxygen atoms in total. The van der Waals surface area contributed by atoms with Crippen molar-refractivity contribution in [3.63, 3.8) is 0 Å². The summed E-state index contributed by atoms with van der Waals surface area (Å²) in [7, 11) is 0. The lowest BCUT2D eigenvalue weighted by atomic mass is 9.83. The molecular formula is C18H21ClN2O3S. The van der Waals surface area contributed by atoms with E-state index < -0.39 is 23.5 Å². The molecule has 134 valence electrons. The normalized spacial score (nSPS) is 17.2. The van der Waals surface area contributed by atoms with E-state index in [4.69, 9.17) is 16.3 Å². The highest BCUT2D eigenvalue weighted by Crippen LogP contribution is 2.28. The molecule has 0 saturated heterocycles. The number of ether oxygens (including phenoxy) is 1. The minimum absolute atomic E-state index is 0.0603. The number of benzene rings is 1. The average molecular weight is 381 g/mol. The molecule has 1 aliphatic carbocycles. The van der Waals surface area contributed by atoms with Crippen LogP contribution in [0.5, 0.6) is 0 Å². The van der Waals surface area contributed by atoms with Gasteiger partial charge in [-0.1, -0.05) is 43.0 Å². The predicted octanol–water partition coefficient (Wildman–Crippen LogP) is 3.71. The number of carbonyl (C=O) groups is 2. The van der Waals surface area contributed by atoms with Crippen LogP contribution >= 0.6 is 23.4 Å². The van der Waals surface area contributed by atoms with Crippen LogP contribution in [0, 0.1) is 11.3 Å². The molecule has 1 N–H and O–H groups in total. The molecular weight excluding hydrogens is 360 g/mol. The highest BCUT2D eigenvalue weighted by molar-refractivity contribution is 8.00. The summed E-state index contributed by atoms with van der Waals surface area (Å²) in [4.78, 5) is 25.0. The number of hydrogen-bond donors (Lipinski definition) is 1. The molecule has 0 radical (unpaired) electrons. The largest absolute Gasteiger partial charge is 0.452 e. The van der Waals surface area contributed by atoms with Crippen LogP contribution in [0.3, 0.4) is 0 Å². The molecule has 0 bridgehead atoms. The maximum Gasteiger partial charge on any atom is 0.317 e. The second-order valence-corrected chi connectivity index (χ2v) is 7.52. The number of rotatable bonds is 6. The third-order valence-corrected chi connectivity index (χ3v) is 5.63. The summed E-state index contributed by atoms with van der Waals surface area (Å²) in [6, 6.07) is 9.43. The Balaban J connectivity index is 1.83.